The number of alkyl halides is 1. The van der Waals surface area contributed by atoms with E-state index >= 15 is 0 Å². The molecule has 2 aliphatic rings. The van der Waals surface area contributed by atoms with E-state index in [1.54, 1.807) is 20.2 Å². The van der Waals surface area contributed by atoms with Gasteiger partial charge in [0.25, 0.3) is 0 Å². The number of benzene rings is 1. The van der Waals surface area contributed by atoms with Crippen molar-refractivity contribution < 1.29 is 9.13 Å². The molecule has 0 unspecified atom stereocenters. The van der Waals surface area contributed by atoms with Crippen LogP contribution in [0.25, 0.3) is 11.0 Å². The van der Waals surface area contributed by atoms with Gasteiger partial charge in [-0.05, 0) is 68.2 Å². The van der Waals surface area contributed by atoms with Gasteiger partial charge in [-0.3, -0.25) is 5.10 Å². The molecule has 5 rings (SSSR count). The van der Waals surface area contributed by atoms with E-state index in [0.29, 0.717) is 11.4 Å². The molecule has 0 atom stereocenters. The third kappa shape index (κ3) is 6.09. The van der Waals surface area contributed by atoms with Crippen LogP contribution in [-0.4, -0.2) is 89.7 Å². The van der Waals surface area contributed by atoms with E-state index in [9.17, 15) is 4.39 Å². The average molecular weight is 576 g/mol. The largest absolute Gasteiger partial charge is 0.490 e. The van der Waals surface area contributed by atoms with E-state index in [-0.39, 0.29) is 6.61 Å². The summed E-state index contributed by atoms with van der Waals surface area (Å²) in [6.45, 7) is 12.8. The molecule has 3 aromatic rings. The minimum atomic E-state index is -1.40. The van der Waals surface area contributed by atoms with Crippen LogP contribution in [0.1, 0.15) is 32.3 Å². The molecule has 2 fully saturated rings. The topological polar surface area (TPSA) is 85.4 Å². The zero-order valence-corrected chi connectivity index (χ0v) is 23.4. The molecule has 2 aliphatic heterocycles. The first kappa shape index (κ1) is 26.0. The molecule has 200 valence electrons. The van der Waals surface area contributed by atoms with Crippen LogP contribution < -0.4 is 19.9 Å². The summed E-state index contributed by atoms with van der Waals surface area (Å²) in [5.41, 5.74) is 2.61. The zero-order chi connectivity index (χ0) is 26.0. The normalized spacial score (nSPS) is 17.1. The fourth-order valence-electron chi connectivity index (χ4n) is 5.08. The lowest BCUT2D eigenvalue weighted by atomic mass is 10.1. The van der Waals surface area contributed by atoms with Crippen molar-refractivity contribution in [1.82, 2.24) is 25.1 Å². The number of aromatic amines is 1. The number of anilines is 3. The number of hydrogen-bond acceptors (Lipinski definition) is 8. The Kier molecular flexibility index (Phi) is 7.71. The van der Waals surface area contributed by atoms with Gasteiger partial charge in [-0.2, -0.15) is 5.10 Å². The Labute approximate surface area is 225 Å². The number of nitrogens with one attached hydrogen (secondary N) is 2. The first-order chi connectivity index (χ1) is 17.8. The summed E-state index contributed by atoms with van der Waals surface area (Å²) < 4.78 is 20.9. The van der Waals surface area contributed by atoms with Crippen LogP contribution in [0.15, 0.2) is 23.1 Å². The van der Waals surface area contributed by atoms with Crippen LogP contribution in [0.2, 0.25) is 0 Å². The maximum Gasteiger partial charge on any atom is 0.187 e. The van der Waals surface area contributed by atoms with Crippen molar-refractivity contribution in [2.75, 3.05) is 74.1 Å². The van der Waals surface area contributed by atoms with Gasteiger partial charge < -0.3 is 24.8 Å². The predicted molar refractivity (Wildman–Crippen MR) is 150 cm³/mol. The van der Waals surface area contributed by atoms with E-state index in [1.807, 2.05) is 6.07 Å². The Balaban J connectivity index is 1.33. The van der Waals surface area contributed by atoms with E-state index in [0.717, 1.165) is 66.5 Å². The van der Waals surface area contributed by atoms with Crippen molar-refractivity contribution in [3.8, 4) is 5.75 Å². The Hall–Kier alpha value is -2.66. The lowest BCUT2D eigenvalue weighted by Crippen LogP contribution is -2.47. The maximum absolute atomic E-state index is 14.2. The molecule has 0 amide bonds. The summed E-state index contributed by atoms with van der Waals surface area (Å²) in [6.07, 6.45) is 4.14. The van der Waals surface area contributed by atoms with Crippen molar-refractivity contribution in [3.63, 3.8) is 0 Å². The van der Waals surface area contributed by atoms with Gasteiger partial charge in [0.2, 0.25) is 0 Å². The van der Waals surface area contributed by atoms with Crippen LogP contribution in [0.4, 0.5) is 21.6 Å². The lowest BCUT2D eigenvalue weighted by molar-refractivity contribution is 0.121. The number of fused-ring (bicyclic) bond motifs is 1. The number of rotatable bonds is 9. The van der Waals surface area contributed by atoms with Crippen LogP contribution in [0.3, 0.4) is 0 Å². The maximum atomic E-state index is 14.2. The van der Waals surface area contributed by atoms with E-state index in [1.165, 1.54) is 31.5 Å². The van der Waals surface area contributed by atoms with Crippen molar-refractivity contribution >= 4 is 44.2 Å². The van der Waals surface area contributed by atoms with E-state index < -0.39 is 5.67 Å². The van der Waals surface area contributed by atoms with E-state index in [4.69, 9.17) is 4.74 Å². The van der Waals surface area contributed by atoms with Crippen LogP contribution in [0.5, 0.6) is 5.75 Å². The van der Waals surface area contributed by atoms with E-state index in [2.05, 4.69) is 69.1 Å². The summed E-state index contributed by atoms with van der Waals surface area (Å²) in [4.78, 5) is 16.0. The minimum absolute atomic E-state index is 0.0137. The second-order valence-electron chi connectivity index (χ2n) is 10.5. The highest BCUT2D eigenvalue weighted by Crippen LogP contribution is 2.35. The summed E-state index contributed by atoms with van der Waals surface area (Å²) in [7, 11) is 0. The summed E-state index contributed by atoms with van der Waals surface area (Å²) in [5.74, 6) is 1.57. The van der Waals surface area contributed by atoms with Gasteiger partial charge in [0.05, 0.1) is 5.39 Å². The number of halogens is 2. The molecule has 4 heterocycles. The second-order valence-corrected chi connectivity index (χ2v) is 11.3. The Bertz CT molecular complexity index is 1220. The van der Waals surface area contributed by atoms with Crippen molar-refractivity contribution in [1.29, 1.82) is 0 Å². The third-order valence-corrected chi connectivity index (χ3v) is 7.66. The highest BCUT2D eigenvalue weighted by Gasteiger charge is 2.25. The molecule has 2 saturated heterocycles. The summed E-state index contributed by atoms with van der Waals surface area (Å²) >= 11 is 3.54. The molecule has 2 aromatic heterocycles. The molecule has 2 N–H and O–H groups in total. The molecule has 11 heteroatoms. The first-order valence-electron chi connectivity index (χ1n) is 13.1. The van der Waals surface area contributed by atoms with Crippen LogP contribution >= 0.6 is 15.9 Å². The predicted octanol–water partition coefficient (Wildman–Crippen LogP) is 4.39. The number of ether oxygens (including phenoxy) is 1. The quantitative estimate of drug-likeness (QED) is 0.389. The highest BCUT2D eigenvalue weighted by atomic mass is 79.9. The lowest BCUT2D eigenvalue weighted by Gasteiger charge is -2.38. The smallest absolute Gasteiger partial charge is 0.187 e. The minimum Gasteiger partial charge on any atom is -0.490 e. The van der Waals surface area contributed by atoms with Crippen molar-refractivity contribution in [2.45, 2.75) is 39.3 Å². The van der Waals surface area contributed by atoms with Crippen LogP contribution in [-0.2, 0) is 0 Å². The fraction of sp³-hybridized carbons (Fsp3) is 0.577. The second kappa shape index (κ2) is 11.0. The molecule has 0 saturated carbocycles. The zero-order valence-electron chi connectivity index (χ0n) is 21.9. The number of likely N-dealkylation sites (tertiary alicyclic amines) is 1. The highest BCUT2D eigenvalue weighted by molar-refractivity contribution is 9.10. The summed E-state index contributed by atoms with van der Waals surface area (Å²) in [6, 6.07) is 4.07. The van der Waals surface area contributed by atoms with Gasteiger partial charge >= 0.3 is 0 Å². The Morgan fingerprint density at radius 1 is 1.08 bits per heavy atom. The molecular formula is C26H36BrFN8O. The van der Waals surface area contributed by atoms with Gasteiger partial charge in [0.15, 0.2) is 5.65 Å². The number of hydrogen-bond donors (Lipinski definition) is 2. The Morgan fingerprint density at radius 3 is 2.54 bits per heavy atom. The van der Waals surface area contributed by atoms with Gasteiger partial charge in [-0.15, -0.1) is 0 Å². The number of H-pyrrole nitrogens is 1. The monoisotopic (exact) mass is 574 g/mol. The van der Waals surface area contributed by atoms with Gasteiger partial charge in [-0.1, -0.05) is 0 Å². The molecular weight excluding hydrogens is 539 g/mol. The number of aromatic nitrogens is 4. The van der Waals surface area contributed by atoms with Crippen molar-refractivity contribution in [2.24, 2.45) is 0 Å². The van der Waals surface area contributed by atoms with Gasteiger partial charge in [0.1, 0.15) is 34.8 Å². The fourth-order valence-corrected chi connectivity index (χ4v) is 5.53. The molecule has 1 aromatic carbocycles. The molecule has 9 nitrogen and oxygen atoms in total. The summed E-state index contributed by atoms with van der Waals surface area (Å²) in [5, 5.41) is 11.7. The molecule has 0 radical (unpaired) electrons. The number of nitrogens with zero attached hydrogens (tertiary/aromatic N) is 6. The molecule has 0 spiro atoms. The van der Waals surface area contributed by atoms with Gasteiger partial charge in [0, 0.05) is 62.8 Å². The SMILES string of the molecule is Cc1c(NCCN2CCCC2)cc(OCC(C)(C)F)cc1N1CCN(c2ncnc3n[nH]c(Br)c23)CC1. The first-order valence-corrected chi connectivity index (χ1v) is 13.8. The Morgan fingerprint density at radius 2 is 1.81 bits per heavy atom. The standard InChI is InChI=1S/C26H36BrFN8O/c1-18-20(29-6-9-34-7-4-5-8-34)14-19(37-16-26(2,3)28)15-21(18)35-10-12-36(13-11-35)25-22-23(27)32-33-24(22)30-17-31-25/h14-15,17,29H,4-13,16H2,1-3H3,(H,30,31,32,33). The number of piperazine rings is 1. The average Bonchev–Trinajstić information content (AvgIpc) is 3.54. The molecule has 0 bridgehead atoms. The third-order valence-electron chi connectivity index (χ3n) is 7.08. The molecule has 37 heavy (non-hydrogen) atoms. The van der Waals surface area contributed by atoms with Gasteiger partial charge in [-0.25, -0.2) is 14.4 Å². The molecule has 0 aliphatic carbocycles. The van der Waals surface area contributed by atoms with Crippen LogP contribution in [0, 0.1) is 6.92 Å². The van der Waals surface area contributed by atoms with Crippen molar-refractivity contribution in [3.05, 3.63) is 28.6 Å².